The number of nitrogens with zero attached hydrogens (tertiary/aromatic N) is 1. The minimum atomic E-state index is -4.46. The first-order valence-corrected chi connectivity index (χ1v) is 6.60. The number of hydrogen-bond acceptors (Lipinski definition) is 0. The molecule has 2 aromatic rings. The van der Waals surface area contributed by atoms with Gasteiger partial charge < -0.3 is 0 Å². The van der Waals surface area contributed by atoms with Gasteiger partial charge >= 0.3 is 6.18 Å². The Morgan fingerprint density at radius 3 is 2.60 bits per heavy atom. The average Bonchev–Trinajstić information content (AvgIpc) is 2.63. The van der Waals surface area contributed by atoms with Crippen LogP contribution in [0.25, 0.3) is 11.0 Å². The quantitative estimate of drug-likeness (QED) is 0.648. The predicted octanol–water partition coefficient (Wildman–Crippen LogP) is 4.18. The number of imidazole rings is 1. The first-order valence-electron chi connectivity index (χ1n) is 6.22. The standard InChI is InChI=1S/C14H14ClF3N2/c1-4-6-20-8(3)19-11-7-10(15)12(14(16,17)18)9(5-2)13(11)20/h4,7H,1,5-6H2,2-3H3/p+1. The van der Waals surface area contributed by atoms with E-state index in [2.05, 4.69) is 11.6 Å². The Kier molecular flexibility index (Phi) is 3.82. The number of rotatable bonds is 3. The summed E-state index contributed by atoms with van der Waals surface area (Å²) >= 11 is 5.84. The molecular weight excluding hydrogens is 289 g/mol. The molecule has 0 aliphatic carbocycles. The largest absolute Gasteiger partial charge is 0.418 e. The molecule has 108 valence electrons. The van der Waals surface area contributed by atoms with Crippen LogP contribution < -0.4 is 4.57 Å². The lowest BCUT2D eigenvalue weighted by Gasteiger charge is -2.13. The molecule has 0 aliphatic rings. The van der Waals surface area contributed by atoms with Crippen LogP contribution in [0, 0.1) is 6.92 Å². The maximum absolute atomic E-state index is 13.2. The zero-order chi connectivity index (χ0) is 15.1. The van der Waals surface area contributed by atoms with Gasteiger partial charge in [0.25, 0.3) is 5.82 Å². The van der Waals surface area contributed by atoms with E-state index < -0.39 is 11.7 Å². The number of fused-ring (bicyclic) bond motifs is 1. The molecule has 0 fully saturated rings. The highest BCUT2D eigenvalue weighted by molar-refractivity contribution is 6.32. The SMILES string of the molecule is C=CC[n+]1c(C)[nH]c2cc(Cl)c(C(F)(F)F)c(CC)c21. The Bertz CT molecular complexity index is 671. The molecule has 0 unspecified atom stereocenters. The van der Waals surface area contributed by atoms with Gasteiger partial charge in [-0.15, -0.1) is 0 Å². The van der Waals surface area contributed by atoms with Crippen LogP contribution in [0.1, 0.15) is 23.9 Å². The highest BCUT2D eigenvalue weighted by Crippen LogP contribution is 2.40. The first kappa shape index (κ1) is 14.9. The molecule has 1 aromatic carbocycles. The van der Waals surface area contributed by atoms with Crippen LogP contribution in [0.5, 0.6) is 0 Å². The molecule has 6 heteroatoms. The van der Waals surface area contributed by atoms with Gasteiger partial charge in [-0.1, -0.05) is 31.2 Å². The summed E-state index contributed by atoms with van der Waals surface area (Å²) in [4.78, 5) is 3.07. The Morgan fingerprint density at radius 1 is 1.45 bits per heavy atom. The number of benzene rings is 1. The van der Waals surface area contributed by atoms with E-state index in [1.54, 1.807) is 17.6 Å². The molecule has 1 aromatic heterocycles. The summed E-state index contributed by atoms with van der Waals surface area (Å²) in [5.74, 6) is 0.769. The molecule has 0 aliphatic heterocycles. The number of H-pyrrole nitrogens is 1. The van der Waals surface area contributed by atoms with Crippen LogP contribution >= 0.6 is 11.6 Å². The number of allylic oxidation sites excluding steroid dienone is 1. The molecule has 2 rings (SSSR count). The Balaban J connectivity index is 2.93. The number of aryl methyl sites for hydroxylation is 2. The molecule has 0 saturated heterocycles. The van der Waals surface area contributed by atoms with Crippen LogP contribution in [0.4, 0.5) is 13.2 Å². The molecule has 2 nitrogen and oxygen atoms in total. The van der Waals surface area contributed by atoms with Crippen molar-refractivity contribution in [3.05, 3.63) is 40.7 Å². The summed E-state index contributed by atoms with van der Waals surface area (Å²) in [6.45, 7) is 7.59. The second-order valence-corrected chi connectivity index (χ2v) is 4.98. The van der Waals surface area contributed by atoms with Gasteiger partial charge in [0.2, 0.25) is 0 Å². The number of alkyl halides is 3. The lowest BCUT2D eigenvalue weighted by molar-refractivity contribution is -0.667. The summed E-state index contributed by atoms with van der Waals surface area (Å²) in [7, 11) is 0. The molecule has 0 spiro atoms. The second kappa shape index (κ2) is 5.13. The fourth-order valence-electron chi connectivity index (χ4n) is 2.53. The van der Waals surface area contributed by atoms with E-state index in [1.165, 1.54) is 6.07 Å². The van der Waals surface area contributed by atoms with Crippen molar-refractivity contribution in [1.29, 1.82) is 0 Å². The number of halogens is 4. The van der Waals surface area contributed by atoms with Crippen LogP contribution in [-0.2, 0) is 19.1 Å². The molecule has 20 heavy (non-hydrogen) atoms. The van der Waals surface area contributed by atoms with Gasteiger partial charge in [0.1, 0.15) is 6.54 Å². The van der Waals surface area contributed by atoms with E-state index in [-0.39, 0.29) is 17.0 Å². The average molecular weight is 304 g/mol. The van der Waals surface area contributed by atoms with E-state index >= 15 is 0 Å². The minimum Gasteiger partial charge on any atom is -0.241 e. The predicted molar refractivity (Wildman–Crippen MR) is 72.8 cm³/mol. The summed E-state index contributed by atoms with van der Waals surface area (Å²) < 4.78 is 41.5. The van der Waals surface area contributed by atoms with Crippen molar-refractivity contribution >= 4 is 22.6 Å². The van der Waals surface area contributed by atoms with Crippen LogP contribution in [0.3, 0.4) is 0 Å². The normalized spacial score (nSPS) is 12.1. The number of aromatic amines is 1. The summed E-state index contributed by atoms with van der Waals surface area (Å²) in [6, 6.07) is 1.34. The third kappa shape index (κ3) is 2.30. The molecular formula is C14H15ClF3N2+. The topological polar surface area (TPSA) is 19.7 Å². The van der Waals surface area contributed by atoms with Gasteiger partial charge in [0.15, 0.2) is 11.0 Å². The highest BCUT2D eigenvalue weighted by atomic mass is 35.5. The van der Waals surface area contributed by atoms with Gasteiger partial charge in [-0.2, -0.15) is 13.2 Å². The molecule has 1 N–H and O–H groups in total. The summed E-state index contributed by atoms with van der Waals surface area (Å²) in [5.41, 5.74) is 0.623. The van der Waals surface area contributed by atoms with Crippen molar-refractivity contribution < 1.29 is 17.7 Å². The number of nitrogens with one attached hydrogen (secondary N) is 1. The molecule has 0 amide bonds. The van der Waals surface area contributed by atoms with Crippen molar-refractivity contribution in [3.8, 4) is 0 Å². The summed E-state index contributed by atoms with van der Waals surface area (Å²) in [6.07, 6.45) is -2.56. The summed E-state index contributed by atoms with van der Waals surface area (Å²) in [5, 5.41) is -0.270. The maximum Gasteiger partial charge on any atom is 0.418 e. The molecule has 1 heterocycles. The lowest BCUT2D eigenvalue weighted by atomic mass is 10.0. The fraction of sp³-hybridized carbons (Fsp3) is 0.357. The van der Waals surface area contributed by atoms with E-state index in [1.807, 2.05) is 6.92 Å². The Morgan fingerprint density at radius 2 is 2.10 bits per heavy atom. The Labute approximate surface area is 119 Å². The van der Waals surface area contributed by atoms with Crippen molar-refractivity contribution in [2.45, 2.75) is 33.0 Å². The lowest BCUT2D eigenvalue weighted by Crippen LogP contribution is -2.35. The van der Waals surface area contributed by atoms with Gasteiger partial charge in [-0.05, 0) is 6.42 Å². The van der Waals surface area contributed by atoms with Crippen molar-refractivity contribution in [3.63, 3.8) is 0 Å². The number of hydrogen-bond donors (Lipinski definition) is 1. The van der Waals surface area contributed by atoms with Crippen LogP contribution in [-0.4, -0.2) is 4.98 Å². The molecule has 0 radical (unpaired) electrons. The highest BCUT2D eigenvalue weighted by Gasteiger charge is 2.38. The Hall–Kier alpha value is -1.49. The third-order valence-corrected chi connectivity index (χ3v) is 3.59. The number of aromatic nitrogens is 2. The van der Waals surface area contributed by atoms with E-state index in [0.29, 0.717) is 17.6 Å². The van der Waals surface area contributed by atoms with E-state index in [4.69, 9.17) is 11.6 Å². The van der Waals surface area contributed by atoms with E-state index in [0.717, 1.165) is 5.82 Å². The smallest absolute Gasteiger partial charge is 0.241 e. The van der Waals surface area contributed by atoms with Gasteiger partial charge in [-0.3, -0.25) is 0 Å². The van der Waals surface area contributed by atoms with Crippen molar-refractivity contribution in [2.24, 2.45) is 0 Å². The molecule has 0 saturated carbocycles. The van der Waals surface area contributed by atoms with Gasteiger partial charge in [0.05, 0.1) is 10.6 Å². The van der Waals surface area contributed by atoms with Crippen molar-refractivity contribution in [1.82, 2.24) is 4.98 Å². The maximum atomic E-state index is 13.2. The zero-order valence-electron chi connectivity index (χ0n) is 11.2. The van der Waals surface area contributed by atoms with Crippen molar-refractivity contribution in [2.75, 3.05) is 0 Å². The van der Waals surface area contributed by atoms with Gasteiger partial charge in [-0.25, -0.2) is 9.55 Å². The van der Waals surface area contributed by atoms with E-state index in [9.17, 15) is 13.2 Å². The fourth-order valence-corrected chi connectivity index (χ4v) is 2.86. The first-order chi connectivity index (χ1) is 9.31. The second-order valence-electron chi connectivity index (χ2n) is 4.57. The monoisotopic (exact) mass is 303 g/mol. The third-order valence-electron chi connectivity index (χ3n) is 3.29. The van der Waals surface area contributed by atoms with Gasteiger partial charge in [0, 0.05) is 18.6 Å². The van der Waals surface area contributed by atoms with Crippen LogP contribution in [0.15, 0.2) is 18.7 Å². The van der Waals surface area contributed by atoms with Crippen LogP contribution in [0.2, 0.25) is 5.02 Å². The molecule has 0 atom stereocenters. The minimum absolute atomic E-state index is 0.214. The molecule has 0 bridgehead atoms. The zero-order valence-corrected chi connectivity index (χ0v) is 12.0.